The summed E-state index contributed by atoms with van der Waals surface area (Å²) in [4.78, 5) is 30.1. The minimum Gasteiger partial charge on any atom is -0.338 e. The average molecular weight is 354 g/mol. The van der Waals surface area contributed by atoms with Gasteiger partial charge in [0.1, 0.15) is 0 Å². The van der Waals surface area contributed by atoms with Gasteiger partial charge in [-0.25, -0.2) is 0 Å². The van der Waals surface area contributed by atoms with Crippen molar-refractivity contribution in [2.75, 3.05) is 13.1 Å². The van der Waals surface area contributed by atoms with E-state index in [0.29, 0.717) is 13.0 Å². The summed E-state index contributed by atoms with van der Waals surface area (Å²) < 4.78 is 0. The maximum absolute atomic E-state index is 13.0. The molecule has 4 nitrogen and oxygen atoms in total. The summed E-state index contributed by atoms with van der Waals surface area (Å²) in [5.74, 6) is 0.297. The van der Waals surface area contributed by atoms with Gasteiger partial charge in [0.25, 0.3) is 5.91 Å². The summed E-state index contributed by atoms with van der Waals surface area (Å²) in [5.41, 5.74) is 3.03. The molecule has 0 aliphatic carbocycles. The van der Waals surface area contributed by atoms with Crippen molar-refractivity contribution in [1.82, 2.24) is 9.80 Å². The Morgan fingerprint density at radius 3 is 2.92 bits per heavy atom. The van der Waals surface area contributed by atoms with E-state index in [9.17, 15) is 9.59 Å². The molecule has 1 atom stereocenters. The van der Waals surface area contributed by atoms with Crippen LogP contribution >= 0.6 is 11.3 Å². The molecule has 0 bridgehead atoms. The molecule has 1 aromatic carbocycles. The molecular formula is C20H22N2O2S. The summed E-state index contributed by atoms with van der Waals surface area (Å²) in [5, 5.41) is 2.11. The molecule has 2 aromatic rings. The second-order valence-corrected chi connectivity index (χ2v) is 7.84. The Hall–Kier alpha value is -2.14. The highest BCUT2D eigenvalue weighted by Crippen LogP contribution is 2.33. The molecule has 0 unspecified atom stereocenters. The third-order valence-corrected chi connectivity index (χ3v) is 6.25. The van der Waals surface area contributed by atoms with E-state index >= 15 is 0 Å². The molecule has 2 aliphatic heterocycles. The van der Waals surface area contributed by atoms with E-state index in [1.54, 1.807) is 11.3 Å². The highest BCUT2D eigenvalue weighted by molar-refractivity contribution is 7.10. The Morgan fingerprint density at radius 2 is 2.12 bits per heavy atom. The Balaban J connectivity index is 1.53. The highest BCUT2D eigenvalue weighted by atomic mass is 32.1. The number of fused-ring (bicyclic) bond motifs is 1. The van der Waals surface area contributed by atoms with Crippen LogP contribution in [0.15, 0.2) is 35.7 Å². The van der Waals surface area contributed by atoms with Crippen LogP contribution in [0.1, 0.15) is 52.2 Å². The van der Waals surface area contributed by atoms with Gasteiger partial charge in [-0.1, -0.05) is 12.1 Å². The van der Waals surface area contributed by atoms with E-state index in [2.05, 4.69) is 18.4 Å². The monoisotopic (exact) mass is 354 g/mol. The molecule has 1 saturated heterocycles. The van der Waals surface area contributed by atoms with E-state index in [0.717, 1.165) is 37.1 Å². The van der Waals surface area contributed by atoms with E-state index in [-0.39, 0.29) is 17.9 Å². The predicted molar refractivity (Wildman–Crippen MR) is 98.6 cm³/mol. The highest BCUT2D eigenvalue weighted by Gasteiger charge is 2.29. The molecule has 1 fully saturated rings. The molecule has 0 spiro atoms. The van der Waals surface area contributed by atoms with Crippen LogP contribution in [-0.2, 0) is 17.8 Å². The Labute approximate surface area is 152 Å². The van der Waals surface area contributed by atoms with E-state index in [1.807, 2.05) is 34.1 Å². The van der Waals surface area contributed by atoms with Crippen molar-refractivity contribution in [1.29, 1.82) is 0 Å². The van der Waals surface area contributed by atoms with Crippen molar-refractivity contribution in [2.24, 2.45) is 0 Å². The van der Waals surface area contributed by atoms with Gasteiger partial charge >= 0.3 is 0 Å². The Kier molecular flexibility index (Phi) is 4.34. The fraction of sp³-hybridized carbons (Fsp3) is 0.400. The third-order valence-electron chi connectivity index (χ3n) is 5.26. The number of nitrogens with zero attached hydrogens (tertiary/aromatic N) is 2. The summed E-state index contributed by atoms with van der Waals surface area (Å²) in [6.07, 6.45) is 2.52. The molecule has 2 aliphatic rings. The van der Waals surface area contributed by atoms with Crippen LogP contribution in [0.5, 0.6) is 0 Å². The van der Waals surface area contributed by atoms with Crippen molar-refractivity contribution >= 4 is 23.2 Å². The number of hydrogen-bond acceptors (Lipinski definition) is 3. The van der Waals surface area contributed by atoms with Gasteiger partial charge in [0.2, 0.25) is 5.91 Å². The molecule has 0 N–H and O–H groups in total. The number of rotatable bonds is 3. The minimum absolute atomic E-state index is 0.0824. The summed E-state index contributed by atoms with van der Waals surface area (Å²) in [6.45, 7) is 4.29. The third kappa shape index (κ3) is 3.09. The number of amides is 2. The average Bonchev–Trinajstić information content (AvgIpc) is 3.25. The zero-order valence-corrected chi connectivity index (χ0v) is 15.2. The Bertz CT molecular complexity index is 814. The van der Waals surface area contributed by atoms with Gasteiger partial charge in [0, 0.05) is 36.5 Å². The first-order valence-corrected chi connectivity index (χ1v) is 9.75. The van der Waals surface area contributed by atoms with Crippen molar-refractivity contribution in [3.63, 3.8) is 0 Å². The van der Waals surface area contributed by atoms with Crippen LogP contribution in [0.3, 0.4) is 0 Å². The minimum atomic E-state index is 0.0824. The second kappa shape index (κ2) is 6.64. The molecule has 25 heavy (non-hydrogen) atoms. The topological polar surface area (TPSA) is 40.6 Å². The number of benzene rings is 1. The quantitative estimate of drug-likeness (QED) is 0.844. The fourth-order valence-corrected chi connectivity index (χ4v) is 4.81. The zero-order chi connectivity index (χ0) is 17.4. The first-order valence-electron chi connectivity index (χ1n) is 8.87. The number of thiophene rings is 1. The number of hydrogen-bond donors (Lipinski definition) is 0. The largest absolute Gasteiger partial charge is 0.338 e. The Morgan fingerprint density at radius 1 is 1.24 bits per heavy atom. The van der Waals surface area contributed by atoms with Gasteiger partial charge in [0.15, 0.2) is 0 Å². The lowest BCUT2D eigenvalue weighted by Crippen LogP contribution is -2.38. The lowest BCUT2D eigenvalue weighted by Gasteiger charge is -2.33. The van der Waals surface area contributed by atoms with Crippen LogP contribution in [0, 0.1) is 0 Å². The second-order valence-electron chi connectivity index (χ2n) is 6.84. The van der Waals surface area contributed by atoms with Gasteiger partial charge in [-0.05, 0) is 54.5 Å². The van der Waals surface area contributed by atoms with Crippen LogP contribution in [0.25, 0.3) is 0 Å². The normalized spacial score (nSPS) is 20.0. The SMILES string of the molecule is C[C@@H]1c2ccsc2CCN1C(=O)c1cccc(CN2CCCC2=O)c1. The van der Waals surface area contributed by atoms with Crippen molar-refractivity contribution in [2.45, 2.75) is 38.8 Å². The lowest BCUT2D eigenvalue weighted by molar-refractivity contribution is -0.128. The van der Waals surface area contributed by atoms with Crippen LogP contribution < -0.4 is 0 Å². The van der Waals surface area contributed by atoms with Crippen molar-refractivity contribution in [3.8, 4) is 0 Å². The molecule has 4 rings (SSSR count). The maximum Gasteiger partial charge on any atom is 0.254 e. The first kappa shape index (κ1) is 16.3. The standard InChI is InChI=1S/C20H22N2O2S/c1-14-17-8-11-25-18(17)7-10-22(14)20(24)16-5-2-4-15(12-16)13-21-9-3-6-19(21)23/h2,4-5,8,11-12,14H,3,6-7,9-10,13H2,1H3/t14-/m1/s1. The fourth-order valence-electron chi connectivity index (χ4n) is 3.85. The van der Waals surface area contributed by atoms with Gasteiger partial charge in [-0.15, -0.1) is 11.3 Å². The van der Waals surface area contributed by atoms with E-state index < -0.39 is 0 Å². The van der Waals surface area contributed by atoms with Gasteiger partial charge < -0.3 is 9.80 Å². The van der Waals surface area contributed by atoms with Crippen molar-refractivity contribution < 1.29 is 9.59 Å². The summed E-state index contributed by atoms with van der Waals surface area (Å²) in [6, 6.07) is 10.0. The van der Waals surface area contributed by atoms with E-state index in [1.165, 1.54) is 10.4 Å². The lowest BCUT2D eigenvalue weighted by atomic mass is 10.00. The summed E-state index contributed by atoms with van der Waals surface area (Å²) >= 11 is 1.78. The molecular weight excluding hydrogens is 332 g/mol. The number of likely N-dealkylation sites (tertiary alicyclic amines) is 1. The number of carbonyl (C=O) groups excluding carboxylic acids is 2. The van der Waals surface area contributed by atoms with Crippen LogP contribution in [0.4, 0.5) is 0 Å². The molecule has 2 amide bonds. The van der Waals surface area contributed by atoms with Crippen molar-refractivity contribution in [3.05, 3.63) is 57.3 Å². The number of carbonyl (C=O) groups is 2. The van der Waals surface area contributed by atoms with Crippen LogP contribution in [0.2, 0.25) is 0 Å². The molecule has 0 saturated carbocycles. The molecule has 3 heterocycles. The molecule has 0 radical (unpaired) electrons. The summed E-state index contributed by atoms with van der Waals surface area (Å²) in [7, 11) is 0. The first-order chi connectivity index (χ1) is 12.1. The van der Waals surface area contributed by atoms with Gasteiger partial charge in [-0.3, -0.25) is 9.59 Å². The molecule has 5 heteroatoms. The van der Waals surface area contributed by atoms with Gasteiger partial charge in [0.05, 0.1) is 6.04 Å². The van der Waals surface area contributed by atoms with E-state index in [4.69, 9.17) is 0 Å². The maximum atomic E-state index is 13.0. The zero-order valence-electron chi connectivity index (χ0n) is 14.4. The van der Waals surface area contributed by atoms with Crippen LogP contribution in [-0.4, -0.2) is 34.7 Å². The van der Waals surface area contributed by atoms with Gasteiger partial charge in [-0.2, -0.15) is 0 Å². The molecule has 1 aromatic heterocycles. The predicted octanol–water partition coefficient (Wildman–Crippen LogP) is 3.63. The smallest absolute Gasteiger partial charge is 0.254 e. The molecule has 130 valence electrons.